The van der Waals surface area contributed by atoms with Gasteiger partial charge in [0.25, 0.3) is 5.69 Å². The Morgan fingerprint density at radius 2 is 2.27 bits per heavy atom. The fraction of sp³-hybridized carbons (Fsp3) is 0.533. The minimum atomic E-state index is -0.453. The van der Waals surface area contributed by atoms with E-state index in [4.69, 9.17) is 0 Å². The Balaban J connectivity index is 1.94. The molecule has 1 heterocycles. The molecule has 0 saturated carbocycles. The molecule has 0 radical (unpaired) electrons. The van der Waals surface area contributed by atoms with Gasteiger partial charge in [-0.3, -0.25) is 10.1 Å². The first-order chi connectivity index (χ1) is 10.5. The summed E-state index contributed by atoms with van der Waals surface area (Å²) in [7, 11) is 0. The van der Waals surface area contributed by atoms with Crippen molar-refractivity contribution in [1.29, 1.82) is 0 Å². The molecule has 0 aromatic heterocycles. The lowest BCUT2D eigenvalue weighted by Gasteiger charge is -2.34. The molecule has 120 valence electrons. The van der Waals surface area contributed by atoms with Crippen LogP contribution in [0.4, 0.5) is 10.5 Å². The number of benzene rings is 1. The van der Waals surface area contributed by atoms with Gasteiger partial charge < -0.3 is 15.3 Å². The molecule has 22 heavy (non-hydrogen) atoms. The Kier molecular flexibility index (Phi) is 5.32. The van der Waals surface area contributed by atoms with Gasteiger partial charge in [0.15, 0.2) is 0 Å². The third kappa shape index (κ3) is 3.94. The van der Waals surface area contributed by atoms with E-state index in [-0.39, 0.29) is 24.2 Å². The predicted molar refractivity (Wildman–Crippen MR) is 81.3 cm³/mol. The number of urea groups is 1. The molecule has 7 nitrogen and oxygen atoms in total. The highest BCUT2D eigenvalue weighted by molar-refractivity contribution is 5.74. The third-order valence-corrected chi connectivity index (χ3v) is 4.05. The summed E-state index contributed by atoms with van der Waals surface area (Å²) in [4.78, 5) is 24.3. The second-order valence-electron chi connectivity index (χ2n) is 5.63. The molecule has 1 aromatic carbocycles. The summed E-state index contributed by atoms with van der Waals surface area (Å²) in [6.45, 7) is 3.01. The van der Waals surface area contributed by atoms with Crippen molar-refractivity contribution in [2.75, 3.05) is 13.1 Å². The second-order valence-corrected chi connectivity index (χ2v) is 5.63. The van der Waals surface area contributed by atoms with Crippen molar-refractivity contribution < 1.29 is 14.8 Å². The highest BCUT2D eigenvalue weighted by atomic mass is 16.6. The Morgan fingerprint density at radius 1 is 1.55 bits per heavy atom. The number of aliphatic hydroxyl groups excluding tert-OH is 1. The van der Waals surface area contributed by atoms with Crippen LogP contribution in [0.25, 0.3) is 0 Å². The number of nitrogens with zero attached hydrogens (tertiary/aromatic N) is 2. The van der Waals surface area contributed by atoms with Crippen LogP contribution in [0.15, 0.2) is 24.3 Å². The zero-order valence-corrected chi connectivity index (χ0v) is 12.6. The van der Waals surface area contributed by atoms with Gasteiger partial charge >= 0.3 is 6.03 Å². The van der Waals surface area contributed by atoms with Crippen molar-refractivity contribution >= 4 is 11.7 Å². The van der Waals surface area contributed by atoms with E-state index in [2.05, 4.69) is 5.32 Å². The molecule has 0 spiro atoms. The number of amides is 2. The van der Waals surface area contributed by atoms with Crippen molar-refractivity contribution in [2.45, 2.75) is 32.4 Å². The van der Waals surface area contributed by atoms with Crippen molar-refractivity contribution in [3.8, 4) is 0 Å². The number of nitro benzene ring substituents is 1. The number of para-hydroxylation sites is 1. The Hall–Kier alpha value is -2.15. The summed E-state index contributed by atoms with van der Waals surface area (Å²) in [5.41, 5.74) is 0.480. The molecule has 0 aliphatic carbocycles. The van der Waals surface area contributed by atoms with Gasteiger partial charge in [-0.15, -0.1) is 0 Å². The van der Waals surface area contributed by atoms with Crippen LogP contribution in [-0.4, -0.2) is 40.2 Å². The van der Waals surface area contributed by atoms with Gasteiger partial charge in [-0.25, -0.2) is 4.79 Å². The molecular formula is C15H21N3O4. The SMILES string of the molecule is CC(O)C1CCCN(C(=O)NCc2ccccc2[N+](=O)[O-])C1. The number of carbonyl (C=O) groups excluding carboxylic acids is 1. The van der Waals surface area contributed by atoms with Gasteiger partial charge in [-0.2, -0.15) is 0 Å². The van der Waals surface area contributed by atoms with Crippen LogP contribution in [0.3, 0.4) is 0 Å². The van der Waals surface area contributed by atoms with E-state index in [1.165, 1.54) is 6.07 Å². The lowest BCUT2D eigenvalue weighted by Crippen LogP contribution is -2.47. The van der Waals surface area contributed by atoms with Gasteiger partial charge in [0.2, 0.25) is 0 Å². The van der Waals surface area contributed by atoms with Crippen LogP contribution in [0.1, 0.15) is 25.3 Å². The molecule has 1 saturated heterocycles. The van der Waals surface area contributed by atoms with Crippen molar-refractivity contribution in [3.63, 3.8) is 0 Å². The summed E-state index contributed by atoms with van der Waals surface area (Å²) in [6.07, 6.45) is 1.32. The molecule has 2 atom stereocenters. The first-order valence-corrected chi connectivity index (χ1v) is 7.42. The standard InChI is InChI=1S/C15H21N3O4/c1-11(19)13-6-4-8-17(10-13)15(20)16-9-12-5-2-3-7-14(12)18(21)22/h2-3,5,7,11,13,19H,4,6,8-10H2,1H3,(H,16,20). The third-order valence-electron chi connectivity index (χ3n) is 4.05. The van der Waals surface area contributed by atoms with Gasteiger partial charge in [-0.1, -0.05) is 18.2 Å². The van der Waals surface area contributed by atoms with Gasteiger partial charge in [0, 0.05) is 30.6 Å². The van der Waals surface area contributed by atoms with Crippen LogP contribution < -0.4 is 5.32 Å². The number of rotatable bonds is 4. The first-order valence-electron chi connectivity index (χ1n) is 7.42. The molecule has 2 amide bonds. The number of hydrogen-bond acceptors (Lipinski definition) is 4. The van der Waals surface area contributed by atoms with Gasteiger partial charge in [-0.05, 0) is 19.8 Å². The zero-order chi connectivity index (χ0) is 16.1. The minimum absolute atomic E-state index is 0.00306. The quantitative estimate of drug-likeness (QED) is 0.656. The van der Waals surface area contributed by atoms with Crippen LogP contribution in [-0.2, 0) is 6.54 Å². The largest absolute Gasteiger partial charge is 0.393 e. The first kappa shape index (κ1) is 16.2. The summed E-state index contributed by atoms with van der Waals surface area (Å²) in [5, 5.41) is 23.3. The number of likely N-dealkylation sites (tertiary alicyclic amines) is 1. The van der Waals surface area contributed by atoms with Crippen LogP contribution >= 0.6 is 0 Å². The average molecular weight is 307 g/mol. The molecular weight excluding hydrogens is 286 g/mol. The molecule has 7 heteroatoms. The van der Waals surface area contributed by atoms with Crippen LogP contribution in [0.2, 0.25) is 0 Å². The number of nitro groups is 1. The second kappa shape index (κ2) is 7.22. The predicted octanol–water partition coefficient (Wildman–Crippen LogP) is 1.90. The molecule has 2 N–H and O–H groups in total. The topological polar surface area (TPSA) is 95.7 Å². The lowest BCUT2D eigenvalue weighted by molar-refractivity contribution is -0.385. The molecule has 1 fully saturated rings. The van der Waals surface area contributed by atoms with E-state index in [9.17, 15) is 20.0 Å². The minimum Gasteiger partial charge on any atom is -0.393 e. The average Bonchev–Trinajstić information content (AvgIpc) is 2.52. The summed E-state index contributed by atoms with van der Waals surface area (Å²) in [5.74, 6) is 0.0885. The molecule has 1 aliphatic heterocycles. The number of piperidine rings is 1. The van der Waals surface area contributed by atoms with E-state index in [0.717, 1.165) is 12.8 Å². The summed E-state index contributed by atoms with van der Waals surface area (Å²) >= 11 is 0. The van der Waals surface area contributed by atoms with E-state index in [1.54, 1.807) is 30.0 Å². The highest BCUT2D eigenvalue weighted by Crippen LogP contribution is 2.20. The number of hydrogen-bond donors (Lipinski definition) is 2. The molecule has 1 aromatic rings. The monoisotopic (exact) mass is 307 g/mol. The van der Waals surface area contributed by atoms with E-state index in [1.807, 2.05) is 0 Å². The van der Waals surface area contributed by atoms with Crippen LogP contribution in [0, 0.1) is 16.0 Å². The molecule has 0 bridgehead atoms. The number of nitrogens with one attached hydrogen (secondary N) is 1. The van der Waals surface area contributed by atoms with E-state index < -0.39 is 11.0 Å². The summed E-state index contributed by atoms with van der Waals surface area (Å²) < 4.78 is 0. The fourth-order valence-corrected chi connectivity index (χ4v) is 2.71. The summed E-state index contributed by atoms with van der Waals surface area (Å²) in [6, 6.07) is 6.11. The van der Waals surface area contributed by atoms with E-state index in [0.29, 0.717) is 18.7 Å². The van der Waals surface area contributed by atoms with Crippen LogP contribution in [0.5, 0.6) is 0 Å². The smallest absolute Gasteiger partial charge is 0.317 e. The lowest BCUT2D eigenvalue weighted by atomic mass is 9.94. The maximum Gasteiger partial charge on any atom is 0.317 e. The highest BCUT2D eigenvalue weighted by Gasteiger charge is 2.26. The van der Waals surface area contributed by atoms with Crippen molar-refractivity contribution in [1.82, 2.24) is 10.2 Å². The normalized spacial score (nSPS) is 19.5. The maximum absolute atomic E-state index is 12.2. The van der Waals surface area contributed by atoms with Crippen molar-refractivity contribution in [3.05, 3.63) is 39.9 Å². The van der Waals surface area contributed by atoms with E-state index >= 15 is 0 Å². The Morgan fingerprint density at radius 3 is 2.95 bits per heavy atom. The fourth-order valence-electron chi connectivity index (χ4n) is 2.71. The molecule has 2 unspecified atom stereocenters. The Bertz CT molecular complexity index is 547. The van der Waals surface area contributed by atoms with Crippen molar-refractivity contribution in [2.24, 2.45) is 5.92 Å². The maximum atomic E-state index is 12.2. The van der Waals surface area contributed by atoms with Gasteiger partial charge in [0.05, 0.1) is 17.6 Å². The number of aliphatic hydroxyl groups is 1. The Labute approximate surface area is 129 Å². The number of carbonyl (C=O) groups is 1. The molecule has 2 rings (SSSR count). The zero-order valence-electron chi connectivity index (χ0n) is 12.6. The molecule has 1 aliphatic rings. The van der Waals surface area contributed by atoms with Gasteiger partial charge in [0.1, 0.15) is 0 Å².